The molecule has 0 spiro atoms. The van der Waals surface area contributed by atoms with Crippen molar-refractivity contribution < 1.29 is 8.78 Å². The van der Waals surface area contributed by atoms with Crippen LogP contribution in [0.3, 0.4) is 0 Å². The van der Waals surface area contributed by atoms with Crippen molar-refractivity contribution in [3.05, 3.63) is 59.9 Å². The van der Waals surface area contributed by atoms with Crippen LogP contribution in [0.1, 0.15) is 30.9 Å². The Hall–Kier alpha value is -2.47. The highest BCUT2D eigenvalue weighted by Crippen LogP contribution is 2.30. The van der Waals surface area contributed by atoms with E-state index in [1.807, 2.05) is 13.0 Å². The zero-order valence-electron chi connectivity index (χ0n) is 15.6. The van der Waals surface area contributed by atoms with E-state index >= 15 is 0 Å². The van der Waals surface area contributed by atoms with Crippen molar-refractivity contribution in [3.63, 3.8) is 0 Å². The Labute approximate surface area is 158 Å². The lowest BCUT2D eigenvalue weighted by atomic mass is 10.1. The van der Waals surface area contributed by atoms with E-state index in [2.05, 4.69) is 46.0 Å². The molecule has 4 nitrogen and oxygen atoms in total. The molecule has 27 heavy (non-hydrogen) atoms. The summed E-state index contributed by atoms with van der Waals surface area (Å²) >= 11 is 0. The molecule has 3 aromatic rings. The number of anilines is 1. The summed E-state index contributed by atoms with van der Waals surface area (Å²) in [5, 5.41) is 0. The van der Waals surface area contributed by atoms with Gasteiger partial charge in [0, 0.05) is 31.9 Å². The SMILES string of the molecule is Cc1cccc(N2CCN(C(C)c3nc4ccccc4n3C(F)F)CC2)c1. The van der Waals surface area contributed by atoms with Gasteiger partial charge in [-0.15, -0.1) is 0 Å². The van der Waals surface area contributed by atoms with Gasteiger partial charge in [-0.1, -0.05) is 24.3 Å². The molecule has 2 aromatic carbocycles. The van der Waals surface area contributed by atoms with Crippen LogP contribution in [0.5, 0.6) is 0 Å². The Morgan fingerprint density at radius 1 is 0.963 bits per heavy atom. The molecule has 0 radical (unpaired) electrons. The van der Waals surface area contributed by atoms with Gasteiger partial charge in [0.1, 0.15) is 5.82 Å². The summed E-state index contributed by atoms with van der Waals surface area (Å²) < 4.78 is 28.5. The first-order valence-corrected chi connectivity index (χ1v) is 9.35. The Morgan fingerprint density at radius 2 is 1.70 bits per heavy atom. The number of aromatic nitrogens is 2. The number of hydrogen-bond donors (Lipinski definition) is 0. The predicted molar refractivity (Wildman–Crippen MR) is 104 cm³/mol. The number of rotatable bonds is 4. The van der Waals surface area contributed by atoms with Gasteiger partial charge in [-0.2, -0.15) is 8.78 Å². The quantitative estimate of drug-likeness (QED) is 0.670. The molecule has 1 unspecified atom stereocenters. The monoisotopic (exact) mass is 370 g/mol. The molecule has 1 saturated heterocycles. The Morgan fingerprint density at radius 3 is 2.41 bits per heavy atom. The molecule has 142 valence electrons. The predicted octanol–water partition coefficient (Wildman–Crippen LogP) is 4.62. The summed E-state index contributed by atoms with van der Waals surface area (Å²) in [5.41, 5.74) is 3.59. The maximum Gasteiger partial charge on any atom is 0.320 e. The van der Waals surface area contributed by atoms with E-state index in [0.717, 1.165) is 30.7 Å². The number of nitrogens with zero attached hydrogens (tertiary/aromatic N) is 4. The molecule has 1 atom stereocenters. The minimum atomic E-state index is -2.59. The number of fused-ring (bicyclic) bond motifs is 1. The molecule has 2 heterocycles. The number of halogens is 2. The fraction of sp³-hybridized carbons (Fsp3) is 0.381. The highest BCUT2D eigenvalue weighted by molar-refractivity contribution is 5.76. The Bertz CT molecular complexity index is 929. The molecule has 4 rings (SSSR count). The van der Waals surface area contributed by atoms with Gasteiger partial charge in [-0.3, -0.25) is 9.47 Å². The van der Waals surface area contributed by atoms with Gasteiger partial charge in [0.25, 0.3) is 0 Å². The van der Waals surface area contributed by atoms with Crippen molar-refractivity contribution >= 4 is 16.7 Å². The van der Waals surface area contributed by atoms with E-state index in [1.165, 1.54) is 11.3 Å². The second-order valence-corrected chi connectivity index (χ2v) is 7.14. The summed E-state index contributed by atoms with van der Waals surface area (Å²) in [7, 11) is 0. The van der Waals surface area contributed by atoms with Crippen LogP contribution in [0.2, 0.25) is 0 Å². The molecule has 1 aliphatic rings. The van der Waals surface area contributed by atoms with Crippen LogP contribution in [-0.2, 0) is 0 Å². The fourth-order valence-electron chi connectivity index (χ4n) is 3.92. The molecule has 0 amide bonds. The average Bonchev–Trinajstić information content (AvgIpc) is 3.07. The third-order valence-corrected chi connectivity index (χ3v) is 5.42. The second kappa shape index (κ2) is 7.27. The van der Waals surface area contributed by atoms with E-state index in [4.69, 9.17) is 0 Å². The number of piperazine rings is 1. The molecular formula is C21H24F2N4. The van der Waals surface area contributed by atoms with Gasteiger partial charge in [0.2, 0.25) is 0 Å². The number of imidazole rings is 1. The van der Waals surface area contributed by atoms with Gasteiger partial charge in [-0.05, 0) is 43.7 Å². The van der Waals surface area contributed by atoms with E-state index in [-0.39, 0.29) is 6.04 Å². The van der Waals surface area contributed by atoms with Crippen molar-refractivity contribution in [2.24, 2.45) is 0 Å². The second-order valence-electron chi connectivity index (χ2n) is 7.14. The standard InChI is InChI=1S/C21H24F2N4/c1-15-6-5-7-17(14-15)26-12-10-25(11-13-26)16(2)20-24-18-8-3-4-9-19(18)27(20)21(22)23/h3-9,14,16,21H,10-13H2,1-2H3. The van der Waals surface area contributed by atoms with E-state index in [1.54, 1.807) is 18.2 Å². The number of alkyl halides is 2. The summed E-state index contributed by atoms with van der Waals surface area (Å²) in [6.07, 6.45) is 0. The molecule has 1 aliphatic heterocycles. The van der Waals surface area contributed by atoms with E-state index in [0.29, 0.717) is 16.9 Å². The number of hydrogen-bond acceptors (Lipinski definition) is 3. The topological polar surface area (TPSA) is 24.3 Å². The van der Waals surface area contributed by atoms with Gasteiger partial charge < -0.3 is 4.90 Å². The molecule has 0 saturated carbocycles. The molecule has 0 bridgehead atoms. The normalized spacial score (nSPS) is 17.0. The lowest BCUT2D eigenvalue weighted by molar-refractivity contribution is 0.0641. The molecular weight excluding hydrogens is 346 g/mol. The van der Waals surface area contributed by atoms with Crippen LogP contribution in [-0.4, -0.2) is 40.6 Å². The average molecular weight is 370 g/mol. The molecule has 0 aliphatic carbocycles. The Balaban J connectivity index is 1.54. The lowest BCUT2D eigenvalue weighted by Gasteiger charge is -2.39. The van der Waals surface area contributed by atoms with Crippen LogP contribution < -0.4 is 4.90 Å². The van der Waals surface area contributed by atoms with Crippen molar-refractivity contribution in [3.8, 4) is 0 Å². The molecule has 1 fully saturated rings. The summed E-state index contributed by atoms with van der Waals surface area (Å²) in [5.74, 6) is 0.440. The van der Waals surface area contributed by atoms with E-state index < -0.39 is 6.55 Å². The largest absolute Gasteiger partial charge is 0.369 e. The van der Waals surface area contributed by atoms with E-state index in [9.17, 15) is 8.78 Å². The highest BCUT2D eigenvalue weighted by Gasteiger charge is 2.28. The maximum atomic E-state index is 13.7. The van der Waals surface area contributed by atoms with Crippen LogP contribution in [0.4, 0.5) is 14.5 Å². The third-order valence-electron chi connectivity index (χ3n) is 5.42. The van der Waals surface area contributed by atoms with Crippen molar-refractivity contribution in [1.82, 2.24) is 14.5 Å². The highest BCUT2D eigenvalue weighted by atomic mass is 19.3. The number of aryl methyl sites for hydroxylation is 1. The molecule has 1 aromatic heterocycles. The van der Waals surface area contributed by atoms with Gasteiger partial charge >= 0.3 is 6.55 Å². The molecule has 0 N–H and O–H groups in total. The lowest BCUT2D eigenvalue weighted by Crippen LogP contribution is -2.47. The number of benzene rings is 2. The third kappa shape index (κ3) is 3.41. The zero-order valence-corrected chi connectivity index (χ0v) is 15.6. The minimum absolute atomic E-state index is 0.161. The summed E-state index contributed by atoms with van der Waals surface area (Å²) in [4.78, 5) is 9.12. The van der Waals surface area contributed by atoms with Crippen LogP contribution in [0, 0.1) is 6.92 Å². The van der Waals surface area contributed by atoms with Gasteiger partial charge in [-0.25, -0.2) is 4.98 Å². The smallest absolute Gasteiger partial charge is 0.320 e. The molecule has 6 heteroatoms. The summed E-state index contributed by atoms with van der Waals surface area (Å²) in [6.45, 7) is 4.87. The first kappa shape index (κ1) is 17.9. The number of para-hydroxylation sites is 2. The fourth-order valence-corrected chi connectivity index (χ4v) is 3.92. The van der Waals surface area contributed by atoms with Crippen LogP contribution in [0.25, 0.3) is 11.0 Å². The van der Waals surface area contributed by atoms with Gasteiger partial charge in [0.15, 0.2) is 0 Å². The van der Waals surface area contributed by atoms with Crippen molar-refractivity contribution in [1.29, 1.82) is 0 Å². The van der Waals surface area contributed by atoms with Gasteiger partial charge in [0.05, 0.1) is 17.1 Å². The Kier molecular flexibility index (Phi) is 4.83. The first-order chi connectivity index (χ1) is 13.0. The first-order valence-electron chi connectivity index (χ1n) is 9.35. The summed E-state index contributed by atoms with van der Waals surface area (Å²) in [6, 6.07) is 15.4. The van der Waals surface area contributed by atoms with Crippen molar-refractivity contribution in [2.45, 2.75) is 26.4 Å². The zero-order chi connectivity index (χ0) is 19.0. The minimum Gasteiger partial charge on any atom is -0.369 e. The van der Waals surface area contributed by atoms with Crippen LogP contribution in [0.15, 0.2) is 48.5 Å². The maximum absolute atomic E-state index is 13.7. The van der Waals surface area contributed by atoms with Crippen molar-refractivity contribution in [2.75, 3.05) is 31.1 Å². The van der Waals surface area contributed by atoms with Crippen LogP contribution >= 0.6 is 0 Å².